The van der Waals surface area contributed by atoms with Crippen molar-refractivity contribution < 1.29 is 29.0 Å². The maximum Gasteiger partial charge on any atom is 0.341 e. The fraction of sp³-hybridized carbons (Fsp3) is 0.316. The SMILES string of the molecule is COC(=O)c1c(NC(=O)COC(=O)c2cccc(O)c2)sc2c1CCCC2. The van der Waals surface area contributed by atoms with Gasteiger partial charge in [-0.2, -0.15) is 0 Å². The minimum absolute atomic E-state index is 0.0687. The zero-order valence-corrected chi connectivity index (χ0v) is 15.6. The number of aromatic hydroxyl groups is 1. The lowest BCUT2D eigenvalue weighted by Gasteiger charge is -2.11. The van der Waals surface area contributed by atoms with Gasteiger partial charge in [0.2, 0.25) is 0 Å². The first-order valence-corrected chi connectivity index (χ1v) is 9.30. The number of phenols is 1. The van der Waals surface area contributed by atoms with E-state index in [4.69, 9.17) is 9.47 Å². The highest BCUT2D eigenvalue weighted by Gasteiger charge is 2.27. The van der Waals surface area contributed by atoms with E-state index in [-0.39, 0.29) is 11.3 Å². The molecule has 0 aliphatic heterocycles. The molecule has 27 heavy (non-hydrogen) atoms. The van der Waals surface area contributed by atoms with Crippen LogP contribution in [0.1, 0.15) is 44.0 Å². The highest BCUT2D eigenvalue weighted by atomic mass is 32.1. The average Bonchev–Trinajstić information content (AvgIpc) is 3.03. The van der Waals surface area contributed by atoms with E-state index in [2.05, 4.69) is 5.32 Å². The molecule has 8 heteroatoms. The molecular weight excluding hydrogens is 370 g/mol. The smallest absolute Gasteiger partial charge is 0.341 e. The molecule has 1 aromatic carbocycles. The van der Waals surface area contributed by atoms with Crippen LogP contribution in [0, 0.1) is 0 Å². The van der Waals surface area contributed by atoms with E-state index in [1.165, 1.54) is 42.7 Å². The summed E-state index contributed by atoms with van der Waals surface area (Å²) in [6.07, 6.45) is 3.68. The van der Waals surface area contributed by atoms with Crippen molar-refractivity contribution in [2.45, 2.75) is 25.7 Å². The number of hydrogen-bond donors (Lipinski definition) is 2. The monoisotopic (exact) mass is 389 g/mol. The molecule has 0 radical (unpaired) electrons. The second-order valence-electron chi connectivity index (χ2n) is 6.08. The quantitative estimate of drug-likeness (QED) is 0.763. The Morgan fingerprint density at radius 1 is 1.19 bits per heavy atom. The lowest BCUT2D eigenvalue weighted by Crippen LogP contribution is -2.21. The number of ether oxygens (including phenoxy) is 2. The Hall–Kier alpha value is -2.87. The number of thiophene rings is 1. The van der Waals surface area contributed by atoms with Crippen LogP contribution in [0.25, 0.3) is 0 Å². The largest absolute Gasteiger partial charge is 0.508 e. The van der Waals surface area contributed by atoms with Crippen LogP contribution in [0.5, 0.6) is 5.75 Å². The third-order valence-corrected chi connectivity index (χ3v) is 5.44. The molecule has 1 aromatic heterocycles. The number of esters is 2. The summed E-state index contributed by atoms with van der Waals surface area (Å²) in [4.78, 5) is 37.4. The molecule has 1 heterocycles. The van der Waals surface area contributed by atoms with Crippen molar-refractivity contribution in [3.05, 3.63) is 45.8 Å². The summed E-state index contributed by atoms with van der Waals surface area (Å²) in [7, 11) is 1.30. The first kappa shape index (κ1) is 18.9. The van der Waals surface area contributed by atoms with E-state index in [1.807, 2.05) is 0 Å². The average molecular weight is 389 g/mol. The fourth-order valence-electron chi connectivity index (χ4n) is 2.98. The minimum atomic E-state index is -0.722. The molecule has 0 atom stereocenters. The Kier molecular flexibility index (Phi) is 5.75. The van der Waals surface area contributed by atoms with Gasteiger partial charge in [0.1, 0.15) is 10.8 Å². The number of nitrogens with one attached hydrogen (secondary N) is 1. The number of aryl methyl sites for hydroxylation is 1. The van der Waals surface area contributed by atoms with Gasteiger partial charge in [0.25, 0.3) is 5.91 Å². The van der Waals surface area contributed by atoms with Gasteiger partial charge in [0.15, 0.2) is 6.61 Å². The molecular formula is C19H19NO6S. The maximum absolute atomic E-state index is 12.2. The number of anilines is 1. The van der Waals surface area contributed by atoms with Gasteiger partial charge in [-0.05, 0) is 49.4 Å². The second kappa shape index (κ2) is 8.22. The number of carbonyl (C=O) groups is 3. The standard InChI is InChI=1S/C19H19NO6S/c1-25-19(24)16-13-7-2-3-8-14(13)27-17(16)20-15(22)10-26-18(23)11-5-4-6-12(21)9-11/h4-6,9,21H,2-3,7-8,10H2,1H3,(H,20,22). The molecule has 142 valence electrons. The Morgan fingerprint density at radius 2 is 1.96 bits per heavy atom. The van der Waals surface area contributed by atoms with Gasteiger partial charge >= 0.3 is 11.9 Å². The number of benzene rings is 1. The maximum atomic E-state index is 12.2. The van der Waals surface area contributed by atoms with Crippen molar-refractivity contribution in [3.63, 3.8) is 0 Å². The predicted octanol–water partition coefficient (Wildman–Crippen LogP) is 2.91. The van der Waals surface area contributed by atoms with Crippen LogP contribution in [0.4, 0.5) is 5.00 Å². The van der Waals surface area contributed by atoms with Crippen molar-refractivity contribution in [2.75, 3.05) is 19.0 Å². The van der Waals surface area contributed by atoms with Crippen molar-refractivity contribution >= 4 is 34.2 Å². The van der Waals surface area contributed by atoms with Crippen LogP contribution in [0.2, 0.25) is 0 Å². The molecule has 1 amide bonds. The molecule has 1 aliphatic carbocycles. The van der Waals surface area contributed by atoms with Crippen LogP contribution in [-0.2, 0) is 27.1 Å². The van der Waals surface area contributed by atoms with Crippen molar-refractivity contribution in [3.8, 4) is 5.75 Å². The molecule has 0 saturated carbocycles. The lowest BCUT2D eigenvalue weighted by atomic mass is 9.95. The number of hydrogen-bond acceptors (Lipinski definition) is 7. The predicted molar refractivity (Wildman–Crippen MR) is 99.3 cm³/mol. The van der Waals surface area contributed by atoms with Crippen LogP contribution in [-0.4, -0.2) is 36.7 Å². The minimum Gasteiger partial charge on any atom is -0.508 e. The molecule has 0 unspecified atom stereocenters. The Balaban J connectivity index is 1.68. The topological polar surface area (TPSA) is 102 Å². The zero-order valence-electron chi connectivity index (χ0n) is 14.7. The number of rotatable bonds is 5. The van der Waals surface area contributed by atoms with Crippen molar-refractivity contribution in [2.24, 2.45) is 0 Å². The van der Waals surface area contributed by atoms with Gasteiger partial charge in [-0.25, -0.2) is 9.59 Å². The second-order valence-corrected chi connectivity index (χ2v) is 7.19. The Morgan fingerprint density at radius 3 is 2.70 bits per heavy atom. The molecule has 1 aliphatic rings. The van der Waals surface area contributed by atoms with E-state index < -0.39 is 24.5 Å². The number of phenolic OH excluding ortho intramolecular Hbond substituents is 1. The summed E-state index contributed by atoms with van der Waals surface area (Å²) >= 11 is 1.36. The first-order chi connectivity index (χ1) is 13.0. The Bertz CT molecular complexity index is 888. The lowest BCUT2D eigenvalue weighted by molar-refractivity contribution is -0.119. The van der Waals surface area contributed by atoms with Gasteiger partial charge in [-0.3, -0.25) is 4.79 Å². The number of carbonyl (C=O) groups excluding carboxylic acids is 3. The molecule has 2 aromatic rings. The fourth-order valence-corrected chi connectivity index (χ4v) is 4.28. The third-order valence-electron chi connectivity index (χ3n) is 4.23. The molecule has 0 bridgehead atoms. The Labute approximate surface area is 159 Å². The van der Waals surface area contributed by atoms with Gasteiger partial charge in [0, 0.05) is 4.88 Å². The summed E-state index contributed by atoms with van der Waals surface area (Å²) in [5, 5.41) is 12.5. The first-order valence-electron chi connectivity index (χ1n) is 8.48. The zero-order chi connectivity index (χ0) is 19.4. The van der Waals surface area contributed by atoms with Crippen LogP contribution >= 0.6 is 11.3 Å². The number of methoxy groups -OCH3 is 1. The summed E-state index contributed by atoms with van der Waals surface area (Å²) < 4.78 is 9.83. The highest BCUT2D eigenvalue weighted by Crippen LogP contribution is 2.38. The molecule has 7 nitrogen and oxygen atoms in total. The van der Waals surface area contributed by atoms with E-state index in [0.717, 1.165) is 36.1 Å². The summed E-state index contributed by atoms with van der Waals surface area (Å²) in [5.41, 5.74) is 1.47. The molecule has 0 saturated heterocycles. The molecule has 0 fully saturated rings. The summed E-state index contributed by atoms with van der Waals surface area (Å²) in [6.45, 7) is -0.502. The van der Waals surface area contributed by atoms with Crippen molar-refractivity contribution in [1.82, 2.24) is 0 Å². The summed E-state index contributed by atoms with van der Waals surface area (Å²) in [5.74, 6) is -1.82. The van der Waals surface area contributed by atoms with Crippen LogP contribution in [0.3, 0.4) is 0 Å². The van der Waals surface area contributed by atoms with Crippen LogP contribution in [0.15, 0.2) is 24.3 Å². The van der Waals surface area contributed by atoms with Gasteiger partial charge in [0.05, 0.1) is 18.2 Å². The van der Waals surface area contributed by atoms with E-state index in [1.54, 1.807) is 0 Å². The normalized spacial score (nSPS) is 12.8. The molecule has 2 N–H and O–H groups in total. The van der Waals surface area contributed by atoms with E-state index >= 15 is 0 Å². The third kappa shape index (κ3) is 4.28. The number of fused-ring (bicyclic) bond motifs is 1. The molecule has 0 spiro atoms. The van der Waals surface area contributed by atoms with Crippen molar-refractivity contribution in [1.29, 1.82) is 0 Å². The molecule has 3 rings (SSSR count). The summed E-state index contributed by atoms with van der Waals surface area (Å²) in [6, 6.07) is 5.66. The van der Waals surface area contributed by atoms with Gasteiger partial charge in [-0.15, -0.1) is 11.3 Å². The number of amides is 1. The highest BCUT2D eigenvalue weighted by molar-refractivity contribution is 7.17. The van der Waals surface area contributed by atoms with Gasteiger partial charge in [-0.1, -0.05) is 6.07 Å². The van der Waals surface area contributed by atoms with Crippen LogP contribution < -0.4 is 5.32 Å². The van der Waals surface area contributed by atoms with E-state index in [0.29, 0.717) is 10.6 Å². The van der Waals surface area contributed by atoms with E-state index in [9.17, 15) is 19.5 Å². The van der Waals surface area contributed by atoms with Gasteiger partial charge < -0.3 is 19.9 Å².